The van der Waals surface area contributed by atoms with Gasteiger partial charge in [0.25, 0.3) is 5.91 Å². The highest BCUT2D eigenvalue weighted by Crippen LogP contribution is 2.27. The van der Waals surface area contributed by atoms with Crippen molar-refractivity contribution < 1.29 is 9.53 Å². The highest BCUT2D eigenvalue weighted by molar-refractivity contribution is 6.36. The fourth-order valence-electron chi connectivity index (χ4n) is 2.77. The van der Waals surface area contributed by atoms with Crippen molar-refractivity contribution in [2.75, 3.05) is 5.32 Å². The summed E-state index contributed by atoms with van der Waals surface area (Å²) in [4.78, 5) is 12.5. The van der Waals surface area contributed by atoms with Crippen molar-refractivity contribution in [3.63, 3.8) is 0 Å². The van der Waals surface area contributed by atoms with Gasteiger partial charge in [-0.25, -0.2) is 0 Å². The van der Waals surface area contributed by atoms with Crippen LogP contribution in [0, 0.1) is 18.3 Å². The Hall–Kier alpha value is -2.97. The molecule has 1 N–H and O–H groups in total. The zero-order valence-electron chi connectivity index (χ0n) is 16.5. The molecule has 4 nitrogen and oxygen atoms in total. The van der Waals surface area contributed by atoms with E-state index >= 15 is 0 Å². The molecule has 3 aromatic carbocycles. The summed E-state index contributed by atoms with van der Waals surface area (Å²) in [6, 6.07) is 19.5. The van der Waals surface area contributed by atoms with Crippen LogP contribution in [-0.4, -0.2) is 5.91 Å². The number of hydrogen-bond acceptors (Lipinski definition) is 3. The largest absolute Gasteiger partial charge is 0.489 e. The van der Waals surface area contributed by atoms with Crippen LogP contribution in [0.4, 0.5) is 5.69 Å². The monoisotopic (exact) mass is 470 g/mol. The second-order valence-corrected chi connectivity index (χ2v) is 7.84. The molecule has 0 saturated carbocycles. The number of carbonyl (C=O) groups is 1. The molecular weight excluding hydrogens is 455 g/mol. The Morgan fingerprint density at radius 1 is 1.00 bits per heavy atom. The number of anilines is 1. The molecule has 156 valence electrons. The molecule has 7 heteroatoms. The summed E-state index contributed by atoms with van der Waals surface area (Å²) in [6.07, 6.45) is 1.50. The van der Waals surface area contributed by atoms with Gasteiger partial charge in [0.15, 0.2) is 0 Å². The lowest BCUT2D eigenvalue weighted by Gasteiger charge is -2.10. The zero-order valence-corrected chi connectivity index (χ0v) is 18.7. The predicted octanol–water partition coefficient (Wildman–Crippen LogP) is 7.08. The van der Waals surface area contributed by atoms with Crippen molar-refractivity contribution in [2.45, 2.75) is 13.5 Å². The standard InChI is InChI=1S/C24H17Cl3N2O2/c1-15-4-2-7-22(27)23(15)29-24(30)17(13-28)12-16-8-10-18(11-9-16)31-14-19-20(25)5-3-6-21(19)26/h2-12H,14H2,1H3,(H,29,30)/b17-12+. The van der Waals surface area contributed by atoms with Gasteiger partial charge in [0, 0.05) is 15.6 Å². The molecule has 0 aliphatic carbocycles. The molecule has 0 aliphatic heterocycles. The number of nitrogens with one attached hydrogen (secondary N) is 1. The van der Waals surface area contributed by atoms with Crippen LogP contribution in [0.3, 0.4) is 0 Å². The van der Waals surface area contributed by atoms with Crippen LogP contribution in [0.2, 0.25) is 15.1 Å². The minimum atomic E-state index is -0.535. The van der Waals surface area contributed by atoms with Crippen LogP contribution in [0.1, 0.15) is 16.7 Å². The maximum Gasteiger partial charge on any atom is 0.266 e. The number of nitriles is 1. The first-order valence-electron chi connectivity index (χ1n) is 9.23. The SMILES string of the molecule is Cc1cccc(Cl)c1NC(=O)/C(C#N)=C/c1ccc(OCc2c(Cl)cccc2Cl)cc1. The second-order valence-electron chi connectivity index (χ2n) is 6.61. The van der Waals surface area contributed by atoms with Gasteiger partial charge in [-0.3, -0.25) is 4.79 Å². The summed E-state index contributed by atoms with van der Waals surface area (Å²) in [6.45, 7) is 2.04. The van der Waals surface area contributed by atoms with Crippen LogP contribution in [-0.2, 0) is 11.4 Å². The van der Waals surface area contributed by atoms with E-state index in [1.54, 1.807) is 54.6 Å². The number of rotatable bonds is 6. The molecular formula is C24H17Cl3N2O2. The van der Waals surface area contributed by atoms with Crippen LogP contribution < -0.4 is 10.1 Å². The highest BCUT2D eigenvalue weighted by Gasteiger charge is 2.13. The van der Waals surface area contributed by atoms with E-state index in [2.05, 4.69) is 5.32 Å². The molecule has 0 radical (unpaired) electrons. The summed E-state index contributed by atoms with van der Waals surface area (Å²) >= 11 is 18.4. The number of nitrogens with zero attached hydrogens (tertiary/aromatic N) is 1. The van der Waals surface area contributed by atoms with Gasteiger partial charge in [-0.15, -0.1) is 0 Å². The van der Waals surface area contributed by atoms with Gasteiger partial charge in [0.05, 0.1) is 10.7 Å². The molecule has 0 heterocycles. The van der Waals surface area contributed by atoms with E-state index < -0.39 is 5.91 Å². The van der Waals surface area contributed by atoms with Crippen LogP contribution >= 0.6 is 34.8 Å². The molecule has 3 rings (SSSR count). The molecule has 0 fully saturated rings. The third kappa shape index (κ3) is 5.80. The van der Waals surface area contributed by atoms with Crippen LogP contribution in [0.25, 0.3) is 6.08 Å². The van der Waals surface area contributed by atoms with Crippen molar-refractivity contribution >= 4 is 52.5 Å². The number of carbonyl (C=O) groups excluding carboxylic acids is 1. The van der Waals surface area contributed by atoms with Gasteiger partial charge in [0.1, 0.15) is 24.0 Å². The van der Waals surface area contributed by atoms with Gasteiger partial charge in [0.2, 0.25) is 0 Å². The van der Waals surface area contributed by atoms with Crippen molar-refractivity contribution in [3.05, 3.63) is 98.0 Å². The van der Waals surface area contributed by atoms with Gasteiger partial charge < -0.3 is 10.1 Å². The van der Waals surface area contributed by atoms with E-state index in [0.717, 1.165) is 5.56 Å². The fourth-order valence-corrected chi connectivity index (χ4v) is 3.55. The molecule has 0 spiro atoms. The average molecular weight is 472 g/mol. The molecule has 3 aromatic rings. The van der Waals surface area contributed by atoms with Crippen LogP contribution in [0.15, 0.2) is 66.2 Å². The van der Waals surface area contributed by atoms with Crippen molar-refractivity contribution in [1.29, 1.82) is 5.26 Å². The Labute approximate surface area is 195 Å². The van der Waals surface area contributed by atoms with Crippen molar-refractivity contribution in [1.82, 2.24) is 0 Å². The number of amides is 1. The van der Waals surface area contributed by atoms with Gasteiger partial charge in [-0.1, -0.05) is 65.1 Å². The lowest BCUT2D eigenvalue weighted by atomic mass is 10.1. The van der Waals surface area contributed by atoms with Gasteiger partial charge in [-0.2, -0.15) is 5.26 Å². The minimum Gasteiger partial charge on any atom is -0.489 e. The second kappa shape index (κ2) is 10.4. The first-order valence-corrected chi connectivity index (χ1v) is 10.4. The van der Waals surface area contributed by atoms with E-state index in [-0.39, 0.29) is 12.2 Å². The number of aryl methyl sites for hydroxylation is 1. The predicted molar refractivity (Wildman–Crippen MR) is 126 cm³/mol. The molecule has 1 amide bonds. The molecule has 0 bridgehead atoms. The molecule has 31 heavy (non-hydrogen) atoms. The molecule has 0 saturated heterocycles. The van der Waals surface area contributed by atoms with Crippen LogP contribution in [0.5, 0.6) is 5.75 Å². The summed E-state index contributed by atoms with van der Waals surface area (Å²) in [5.74, 6) is 0.0650. The normalized spacial score (nSPS) is 11.0. The maximum atomic E-state index is 12.5. The number of halogens is 3. The Morgan fingerprint density at radius 2 is 1.61 bits per heavy atom. The quantitative estimate of drug-likeness (QED) is 0.308. The number of hydrogen-bond donors (Lipinski definition) is 1. The van der Waals surface area contributed by atoms with Crippen molar-refractivity contribution in [3.8, 4) is 11.8 Å². The third-order valence-corrected chi connectivity index (χ3v) is 5.48. The smallest absolute Gasteiger partial charge is 0.266 e. The summed E-state index contributed by atoms with van der Waals surface area (Å²) in [7, 11) is 0. The first kappa shape index (κ1) is 22.7. The summed E-state index contributed by atoms with van der Waals surface area (Å²) in [5.41, 5.74) is 2.62. The average Bonchev–Trinajstić information content (AvgIpc) is 2.75. The minimum absolute atomic E-state index is 0.0455. The molecule has 0 aliphatic rings. The Balaban J connectivity index is 1.70. The summed E-state index contributed by atoms with van der Waals surface area (Å²) < 4.78 is 5.74. The van der Waals surface area contributed by atoms with E-state index in [9.17, 15) is 10.1 Å². The highest BCUT2D eigenvalue weighted by atomic mass is 35.5. The zero-order chi connectivity index (χ0) is 22.4. The molecule has 0 aromatic heterocycles. The fraction of sp³-hybridized carbons (Fsp3) is 0.0833. The van der Waals surface area contributed by atoms with Crippen molar-refractivity contribution in [2.24, 2.45) is 0 Å². The van der Waals surface area contributed by atoms with E-state index in [4.69, 9.17) is 39.5 Å². The topological polar surface area (TPSA) is 62.1 Å². The number of para-hydroxylation sites is 1. The lowest BCUT2D eigenvalue weighted by Crippen LogP contribution is -2.14. The van der Waals surface area contributed by atoms with Gasteiger partial charge >= 0.3 is 0 Å². The number of benzene rings is 3. The lowest BCUT2D eigenvalue weighted by molar-refractivity contribution is -0.112. The maximum absolute atomic E-state index is 12.5. The molecule has 0 unspecified atom stereocenters. The molecule has 0 atom stereocenters. The number of ether oxygens (including phenoxy) is 1. The Bertz CT molecular complexity index is 1140. The Morgan fingerprint density at radius 3 is 2.23 bits per heavy atom. The van der Waals surface area contributed by atoms with E-state index in [1.165, 1.54) is 6.08 Å². The van der Waals surface area contributed by atoms with E-state index in [0.29, 0.717) is 37.6 Å². The summed E-state index contributed by atoms with van der Waals surface area (Å²) in [5, 5.41) is 13.6. The van der Waals surface area contributed by atoms with Gasteiger partial charge in [-0.05, 0) is 54.5 Å². The van der Waals surface area contributed by atoms with E-state index in [1.807, 2.05) is 19.1 Å². The Kier molecular flexibility index (Phi) is 7.59. The first-order chi connectivity index (χ1) is 14.9. The third-order valence-electron chi connectivity index (χ3n) is 4.46.